The summed E-state index contributed by atoms with van der Waals surface area (Å²) in [6.45, 7) is 8.58. The largest absolute Gasteiger partial charge is 0.248 e. The van der Waals surface area contributed by atoms with Crippen LogP contribution in [0.3, 0.4) is 0 Å². The zero-order valence-electron chi connectivity index (χ0n) is 10.8. The van der Waals surface area contributed by atoms with Gasteiger partial charge in [-0.2, -0.15) is 0 Å². The lowest BCUT2D eigenvalue weighted by Crippen LogP contribution is -2.19. The van der Waals surface area contributed by atoms with Gasteiger partial charge in [0, 0.05) is 4.90 Å². The second-order valence-electron chi connectivity index (χ2n) is 5.11. The van der Waals surface area contributed by atoms with E-state index in [0.29, 0.717) is 0 Å². The molecule has 1 N–H and O–H groups in total. The van der Waals surface area contributed by atoms with Crippen LogP contribution < -0.4 is 4.72 Å². The highest BCUT2D eigenvalue weighted by Gasteiger charge is 2.17. The van der Waals surface area contributed by atoms with Gasteiger partial charge in [0.1, 0.15) is 0 Å². The SMILES string of the molecule is C=S(=O)(NC)c1ccc(C(C)(C)C)c(C)c1. The Balaban J connectivity index is 3.31. The molecule has 3 heteroatoms. The summed E-state index contributed by atoms with van der Waals surface area (Å²) in [7, 11) is -0.664. The average molecular weight is 239 g/mol. The fourth-order valence-electron chi connectivity index (χ4n) is 1.80. The van der Waals surface area contributed by atoms with Gasteiger partial charge in [-0.05, 0) is 48.5 Å². The summed E-state index contributed by atoms with van der Waals surface area (Å²) in [5.74, 6) is 3.71. The predicted octanol–water partition coefficient (Wildman–Crippen LogP) is 2.50. The van der Waals surface area contributed by atoms with Gasteiger partial charge >= 0.3 is 0 Å². The van der Waals surface area contributed by atoms with Gasteiger partial charge in [0.05, 0.1) is 9.71 Å². The maximum Gasteiger partial charge on any atom is 0.0530 e. The van der Waals surface area contributed by atoms with E-state index in [0.717, 1.165) is 10.5 Å². The van der Waals surface area contributed by atoms with Crippen LogP contribution in [0.25, 0.3) is 0 Å². The van der Waals surface area contributed by atoms with Crippen molar-refractivity contribution in [1.82, 2.24) is 4.72 Å². The molecule has 1 rings (SSSR count). The van der Waals surface area contributed by atoms with Crippen molar-refractivity contribution in [2.45, 2.75) is 38.0 Å². The molecule has 0 spiro atoms. The van der Waals surface area contributed by atoms with E-state index < -0.39 is 9.71 Å². The molecule has 0 saturated carbocycles. The third-order valence-corrected chi connectivity index (χ3v) is 4.39. The van der Waals surface area contributed by atoms with Crippen LogP contribution in [-0.4, -0.2) is 17.1 Å². The van der Waals surface area contributed by atoms with Crippen molar-refractivity contribution in [2.24, 2.45) is 0 Å². The number of nitrogens with one attached hydrogen (secondary N) is 1. The van der Waals surface area contributed by atoms with E-state index in [1.165, 1.54) is 5.56 Å². The first-order valence-electron chi connectivity index (χ1n) is 5.35. The molecule has 0 bridgehead atoms. The van der Waals surface area contributed by atoms with Crippen molar-refractivity contribution < 1.29 is 4.21 Å². The maximum atomic E-state index is 12.0. The van der Waals surface area contributed by atoms with Crippen LogP contribution in [-0.2, 0) is 15.1 Å². The molecule has 0 aromatic heterocycles. The summed E-state index contributed by atoms with van der Waals surface area (Å²) in [4.78, 5) is 0.764. The van der Waals surface area contributed by atoms with Crippen molar-refractivity contribution in [3.05, 3.63) is 29.3 Å². The topological polar surface area (TPSA) is 29.1 Å². The molecular weight excluding hydrogens is 218 g/mol. The highest BCUT2D eigenvalue weighted by Crippen LogP contribution is 2.27. The average Bonchev–Trinajstić information content (AvgIpc) is 2.15. The molecule has 0 aliphatic heterocycles. The molecular formula is C13H21NOS. The lowest BCUT2D eigenvalue weighted by molar-refractivity contribution is 0.585. The smallest absolute Gasteiger partial charge is 0.0530 e. The molecule has 1 aromatic rings. The summed E-state index contributed by atoms with van der Waals surface area (Å²) >= 11 is 0. The molecule has 1 atom stereocenters. The van der Waals surface area contributed by atoms with Crippen molar-refractivity contribution in [3.8, 4) is 0 Å². The minimum Gasteiger partial charge on any atom is -0.248 e. The van der Waals surface area contributed by atoms with Gasteiger partial charge in [0.25, 0.3) is 0 Å². The van der Waals surface area contributed by atoms with Crippen LogP contribution in [0.1, 0.15) is 31.9 Å². The summed E-state index contributed by atoms with van der Waals surface area (Å²) < 4.78 is 14.8. The fraction of sp³-hybridized carbons (Fsp3) is 0.462. The molecule has 1 aromatic carbocycles. The van der Waals surface area contributed by atoms with Crippen molar-refractivity contribution in [3.63, 3.8) is 0 Å². The van der Waals surface area contributed by atoms with E-state index in [2.05, 4.69) is 38.3 Å². The third-order valence-electron chi connectivity index (χ3n) is 2.72. The lowest BCUT2D eigenvalue weighted by atomic mass is 9.84. The molecule has 0 saturated heterocycles. The number of benzene rings is 1. The highest BCUT2D eigenvalue weighted by atomic mass is 32.2. The Morgan fingerprint density at radius 3 is 2.25 bits per heavy atom. The summed E-state index contributed by atoms with van der Waals surface area (Å²) in [5.41, 5.74) is 2.56. The fourth-order valence-corrected chi connectivity index (χ4v) is 2.69. The number of hydrogen-bond acceptors (Lipinski definition) is 1. The van der Waals surface area contributed by atoms with Gasteiger partial charge in [0.2, 0.25) is 0 Å². The molecule has 0 radical (unpaired) electrons. The molecule has 16 heavy (non-hydrogen) atoms. The second-order valence-corrected chi connectivity index (χ2v) is 7.34. The number of hydrogen-bond donors (Lipinski definition) is 1. The molecule has 0 amide bonds. The minimum absolute atomic E-state index is 0.115. The van der Waals surface area contributed by atoms with Crippen molar-refractivity contribution >= 4 is 15.6 Å². The summed E-state index contributed by atoms with van der Waals surface area (Å²) in [6.07, 6.45) is 0. The summed E-state index contributed by atoms with van der Waals surface area (Å²) in [5, 5.41) is 0. The van der Waals surface area contributed by atoms with Gasteiger partial charge < -0.3 is 0 Å². The molecule has 0 fully saturated rings. The van der Waals surface area contributed by atoms with Crippen LogP contribution in [0, 0.1) is 6.92 Å². The second kappa shape index (κ2) is 4.22. The van der Waals surface area contributed by atoms with Crippen molar-refractivity contribution in [1.29, 1.82) is 0 Å². The maximum absolute atomic E-state index is 12.0. The Hall–Kier alpha value is -0.800. The predicted molar refractivity (Wildman–Crippen MR) is 72.5 cm³/mol. The number of aryl methyl sites for hydroxylation is 1. The van der Waals surface area contributed by atoms with Crippen LogP contribution in [0.5, 0.6) is 0 Å². The van der Waals surface area contributed by atoms with E-state index >= 15 is 0 Å². The Kier molecular flexibility index (Phi) is 3.50. The first kappa shape index (κ1) is 13.3. The van der Waals surface area contributed by atoms with E-state index in [1.54, 1.807) is 7.05 Å². The zero-order chi connectivity index (χ0) is 12.6. The quantitative estimate of drug-likeness (QED) is 0.789. The standard InChI is InChI=1S/C13H21NOS/c1-10-9-11(16(6,15)14-5)7-8-12(10)13(2,3)4/h7-9H,6H2,1-5H3,(H,14,15). The van der Waals surface area contributed by atoms with Gasteiger partial charge in [-0.3, -0.25) is 0 Å². The van der Waals surface area contributed by atoms with Crippen LogP contribution in [0.4, 0.5) is 0 Å². The van der Waals surface area contributed by atoms with E-state index in [1.807, 2.05) is 18.2 Å². The molecule has 0 aliphatic carbocycles. The molecule has 0 aliphatic rings. The lowest BCUT2D eigenvalue weighted by Gasteiger charge is -2.22. The van der Waals surface area contributed by atoms with Crippen LogP contribution in [0.15, 0.2) is 23.1 Å². The first-order chi connectivity index (χ1) is 7.18. The van der Waals surface area contributed by atoms with Gasteiger partial charge in [-0.15, -0.1) is 0 Å². The Morgan fingerprint density at radius 1 is 1.31 bits per heavy atom. The normalized spacial score (nSPS) is 15.8. The van der Waals surface area contributed by atoms with Gasteiger partial charge in [0.15, 0.2) is 0 Å². The molecule has 90 valence electrons. The molecule has 1 unspecified atom stereocenters. The molecule has 2 nitrogen and oxygen atoms in total. The van der Waals surface area contributed by atoms with Gasteiger partial charge in [-0.25, -0.2) is 8.93 Å². The zero-order valence-corrected chi connectivity index (χ0v) is 11.6. The van der Waals surface area contributed by atoms with E-state index in [-0.39, 0.29) is 5.41 Å². The first-order valence-corrected chi connectivity index (χ1v) is 7.08. The summed E-state index contributed by atoms with van der Waals surface area (Å²) in [6, 6.07) is 5.92. The number of rotatable bonds is 2. The van der Waals surface area contributed by atoms with Crippen LogP contribution >= 0.6 is 0 Å². The Bertz CT molecular complexity index is 481. The Labute approximate surface area is 99.2 Å². The van der Waals surface area contributed by atoms with Crippen molar-refractivity contribution in [2.75, 3.05) is 7.05 Å². The van der Waals surface area contributed by atoms with Gasteiger partial charge in [-0.1, -0.05) is 26.8 Å². The Morgan fingerprint density at radius 2 is 1.88 bits per heavy atom. The van der Waals surface area contributed by atoms with E-state index in [4.69, 9.17) is 0 Å². The van der Waals surface area contributed by atoms with Crippen LogP contribution in [0.2, 0.25) is 0 Å². The molecule has 0 heterocycles. The third kappa shape index (κ3) is 2.66. The highest BCUT2D eigenvalue weighted by molar-refractivity contribution is 7.98. The minimum atomic E-state index is -2.33. The monoisotopic (exact) mass is 239 g/mol. The van der Waals surface area contributed by atoms with E-state index in [9.17, 15) is 4.21 Å².